The fourth-order valence-corrected chi connectivity index (χ4v) is 5.93. The first-order valence-corrected chi connectivity index (χ1v) is 13.7. The Kier molecular flexibility index (Phi) is 6.91. The maximum atomic E-state index is 13.3. The van der Waals surface area contributed by atoms with E-state index < -0.39 is 10.0 Å². The van der Waals surface area contributed by atoms with E-state index in [0.717, 1.165) is 36.2 Å². The molecule has 0 radical (unpaired) electrons. The lowest BCUT2D eigenvalue weighted by Crippen LogP contribution is -2.27. The molecule has 0 spiro atoms. The van der Waals surface area contributed by atoms with Crippen LogP contribution in [0, 0.1) is 12.0 Å². The van der Waals surface area contributed by atoms with Gasteiger partial charge in [-0.3, -0.25) is 9.40 Å². The van der Waals surface area contributed by atoms with Gasteiger partial charge in [-0.1, -0.05) is 24.1 Å². The first-order valence-electron chi connectivity index (χ1n) is 12.2. The molecule has 4 aromatic rings. The van der Waals surface area contributed by atoms with Gasteiger partial charge >= 0.3 is 0 Å². The Balaban J connectivity index is 1.45. The molecule has 0 fully saturated rings. The maximum Gasteiger partial charge on any atom is 0.266 e. The fraction of sp³-hybridized carbons (Fsp3) is 0.333. The minimum atomic E-state index is -4.03. The number of nitrogens with zero attached hydrogens (tertiary/aromatic N) is 4. The van der Waals surface area contributed by atoms with E-state index in [1.165, 1.54) is 19.9 Å². The molecule has 1 aliphatic heterocycles. The summed E-state index contributed by atoms with van der Waals surface area (Å²) in [6.07, 6.45) is 3.42. The molecule has 2 aromatic carbocycles. The van der Waals surface area contributed by atoms with E-state index >= 15 is 0 Å². The molecule has 2 aromatic heterocycles. The monoisotopic (exact) mass is 535 g/mol. The molecule has 11 heteroatoms. The van der Waals surface area contributed by atoms with Gasteiger partial charge in [0.15, 0.2) is 11.4 Å². The Labute approximate surface area is 221 Å². The van der Waals surface area contributed by atoms with Crippen molar-refractivity contribution >= 4 is 26.8 Å². The number of fused-ring (bicyclic) bond motifs is 2. The molecule has 3 heterocycles. The Hall–Kier alpha value is -4.17. The average Bonchev–Trinajstić information content (AvgIpc) is 3.51. The second kappa shape index (κ2) is 10.3. The molecule has 0 saturated carbocycles. The Morgan fingerprint density at radius 3 is 2.68 bits per heavy atom. The van der Waals surface area contributed by atoms with Crippen molar-refractivity contribution in [2.75, 3.05) is 25.5 Å². The van der Waals surface area contributed by atoms with E-state index in [9.17, 15) is 8.42 Å². The lowest BCUT2D eigenvalue weighted by molar-refractivity contribution is 0.367. The lowest BCUT2D eigenvalue weighted by atomic mass is 10.1. The van der Waals surface area contributed by atoms with Crippen LogP contribution in [0.4, 0.5) is 5.82 Å². The number of sulfonamides is 1. The predicted octanol–water partition coefficient (Wildman–Crippen LogP) is 3.79. The molecular formula is C27H29N5O5S. The summed E-state index contributed by atoms with van der Waals surface area (Å²) in [5.41, 5.74) is 4.49. The highest BCUT2D eigenvalue weighted by atomic mass is 32.2. The first-order chi connectivity index (χ1) is 18.4. The molecule has 1 aliphatic rings. The number of ether oxygens (including phenoxy) is 2. The summed E-state index contributed by atoms with van der Waals surface area (Å²) in [5, 5.41) is 9.04. The summed E-state index contributed by atoms with van der Waals surface area (Å²) >= 11 is 0. The van der Waals surface area contributed by atoms with Gasteiger partial charge < -0.3 is 18.9 Å². The number of aryl methyl sites for hydroxylation is 1. The van der Waals surface area contributed by atoms with E-state index in [-0.39, 0.29) is 16.5 Å². The van der Waals surface area contributed by atoms with Crippen molar-refractivity contribution in [3.63, 3.8) is 0 Å². The molecule has 38 heavy (non-hydrogen) atoms. The second-order valence-corrected chi connectivity index (χ2v) is 10.6. The van der Waals surface area contributed by atoms with Crippen LogP contribution in [0.5, 0.6) is 11.5 Å². The topological polar surface area (TPSA) is 112 Å². The van der Waals surface area contributed by atoms with Gasteiger partial charge in [0, 0.05) is 30.3 Å². The Morgan fingerprint density at radius 1 is 1.13 bits per heavy atom. The normalized spacial score (nSPS) is 13.1. The number of hydrogen-bond donors (Lipinski definition) is 1. The molecule has 0 amide bonds. The number of anilines is 1. The molecule has 1 N–H and O–H groups in total. The van der Waals surface area contributed by atoms with Crippen molar-refractivity contribution in [2.45, 2.75) is 44.7 Å². The van der Waals surface area contributed by atoms with Crippen LogP contribution in [0.25, 0.3) is 11.0 Å². The van der Waals surface area contributed by atoms with Crippen LogP contribution in [-0.4, -0.2) is 49.0 Å². The van der Waals surface area contributed by atoms with E-state index in [1.54, 1.807) is 12.1 Å². The van der Waals surface area contributed by atoms with E-state index in [0.29, 0.717) is 29.7 Å². The third kappa shape index (κ3) is 4.75. The lowest BCUT2D eigenvalue weighted by Gasteiger charge is -2.23. The standard InChI is InChI=1S/C27H29N5O5S/c1-5-10-31-11-9-21-20(17-31)15-28-32(21)16-19-12-23(36-4)26-24(13-19)37-29-27(26)30-38(33,34)25-14-18(6-2)7-8-22(25)35-3/h7-8,12-15H,6,9,11,16-17H2,1-4H3,(H,29,30). The van der Waals surface area contributed by atoms with Crippen LogP contribution in [0.15, 0.2) is 45.9 Å². The van der Waals surface area contributed by atoms with Crippen molar-refractivity contribution in [2.24, 2.45) is 0 Å². The van der Waals surface area contributed by atoms with Crippen molar-refractivity contribution in [3.8, 4) is 23.5 Å². The zero-order valence-electron chi connectivity index (χ0n) is 21.7. The summed E-state index contributed by atoms with van der Waals surface area (Å²) in [4.78, 5) is 2.12. The molecule has 198 valence electrons. The number of rotatable bonds is 8. The van der Waals surface area contributed by atoms with Crippen molar-refractivity contribution in [3.05, 3.63) is 58.9 Å². The predicted molar refractivity (Wildman–Crippen MR) is 143 cm³/mol. The molecule has 0 bridgehead atoms. The zero-order chi connectivity index (χ0) is 26.9. The van der Waals surface area contributed by atoms with E-state index in [4.69, 9.17) is 14.0 Å². The van der Waals surface area contributed by atoms with Crippen LogP contribution in [0.3, 0.4) is 0 Å². The SMILES string of the molecule is CC#CN1CCc2c(cnn2Cc2cc(OC)c3c(NS(=O)(=O)c4cc(CC)ccc4OC)noc3c2)C1. The number of nitrogens with one attached hydrogen (secondary N) is 1. The van der Waals surface area contributed by atoms with Crippen molar-refractivity contribution in [1.82, 2.24) is 19.8 Å². The van der Waals surface area contributed by atoms with Crippen LogP contribution in [-0.2, 0) is 36.0 Å². The van der Waals surface area contributed by atoms with Gasteiger partial charge in [0.1, 0.15) is 21.8 Å². The van der Waals surface area contributed by atoms with Crippen LogP contribution >= 0.6 is 0 Å². The summed E-state index contributed by atoms with van der Waals surface area (Å²) in [6, 6.07) is 11.9. The zero-order valence-corrected chi connectivity index (χ0v) is 22.6. The molecule has 10 nitrogen and oxygen atoms in total. The highest BCUT2D eigenvalue weighted by Gasteiger charge is 2.25. The second-order valence-electron chi connectivity index (χ2n) is 8.95. The van der Waals surface area contributed by atoms with Crippen LogP contribution in [0.2, 0.25) is 0 Å². The van der Waals surface area contributed by atoms with Gasteiger partial charge in [0.2, 0.25) is 0 Å². The summed E-state index contributed by atoms with van der Waals surface area (Å²) in [6.45, 7) is 5.89. The highest BCUT2D eigenvalue weighted by molar-refractivity contribution is 7.92. The van der Waals surface area contributed by atoms with Crippen molar-refractivity contribution in [1.29, 1.82) is 0 Å². The molecule has 5 rings (SSSR count). The highest BCUT2D eigenvalue weighted by Crippen LogP contribution is 2.36. The quantitative estimate of drug-likeness (QED) is 0.339. The minimum Gasteiger partial charge on any atom is -0.496 e. The van der Waals surface area contributed by atoms with Gasteiger partial charge in [0.05, 0.1) is 33.5 Å². The Morgan fingerprint density at radius 2 is 1.95 bits per heavy atom. The third-order valence-electron chi connectivity index (χ3n) is 6.59. The van der Waals surface area contributed by atoms with Crippen molar-refractivity contribution < 1.29 is 22.4 Å². The molecule has 0 atom stereocenters. The van der Waals surface area contributed by atoms with Crippen LogP contribution < -0.4 is 14.2 Å². The molecular weight excluding hydrogens is 506 g/mol. The summed E-state index contributed by atoms with van der Waals surface area (Å²) in [7, 11) is -1.07. The van der Waals surface area contributed by atoms with Gasteiger partial charge in [-0.15, -0.1) is 0 Å². The average molecular weight is 536 g/mol. The molecule has 0 aliphatic carbocycles. The van der Waals surface area contributed by atoms with E-state index in [2.05, 4.69) is 31.8 Å². The number of aromatic nitrogens is 3. The fourth-order valence-electron chi connectivity index (χ4n) is 4.70. The first kappa shape index (κ1) is 25.5. The van der Waals surface area contributed by atoms with Crippen LogP contribution in [0.1, 0.15) is 36.2 Å². The van der Waals surface area contributed by atoms with Gasteiger partial charge in [-0.2, -0.15) is 5.10 Å². The largest absolute Gasteiger partial charge is 0.496 e. The molecule has 0 saturated heterocycles. The van der Waals surface area contributed by atoms with Gasteiger partial charge in [0.25, 0.3) is 10.0 Å². The van der Waals surface area contributed by atoms with Gasteiger partial charge in [-0.25, -0.2) is 8.42 Å². The maximum absolute atomic E-state index is 13.3. The number of benzene rings is 2. The smallest absolute Gasteiger partial charge is 0.266 e. The number of hydrogen-bond acceptors (Lipinski definition) is 8. The summed E-state index contributed by atoms with van der Waals surface area (Å²) < 4.78 is 47.7. The van der Waals surface area contributed by atoms with Gasteiger partial charge in [-0.05, 0) is 48.7 Å². The third-order valence-corrected chi connectivity index (χ3v) is 7.95. The van der Waals surface area contributed by atoms with E-state index in [1.807, 2.05) is 42.9 Å². The minimum absolute atomic E-state index is 0.0260. The summed E-state index contributed by atoms with van der Waals surface area (Å²) in [5.74, 6) is 3.67. The molecule has 0 unspecified atom stereocenters. The number of methoxy groups -OCH3 is 2. The Bertz CT molecular complexity index is 1660.